The number of nitrogens with zero attached hydrogens (tertiary/aromatic N) is 3. The normalized spacial score (nSPS) is 13.8. The predicted octanol–water partition coefficient (Wildman–Crippen LogP) is 2.56. The number of rotatable bonds is 0. The summed E-state index contributed by atoms with van der Waals surface area (Å²) in [7, 11) is 0. The van der Waals surface area contributed by atoms with Crippen LogP contribution in [0.3, 0.4) is 0 Å². The zero-order chi connectivity index (χ0) is 10.5. The molecular weight excluding hydrogens is 198 g/mol. The monoisotopic (exact) mass is 207 g/mol. The van der Waals surface area contributed by atoms with E-state index in [1.165, 1.54) is 5.39 Å². The van der Waals surface area contributed by atoms with E-state index < -0.39 is 0 Å². The molecule has 1 aromatic carbocycles. The van der Waals surface area contributed by atoms with Gasteiger partial charge in [-0.3, -0.25) is 0 Å². The summed E-state index contributed by atoms with van der Waals surface area (Å²) in [6.07, 6.45) is 6.30. The largest absolute Gasteiger partial charge is 0.328 e. The van der Waals surface area contributed by atoms with Crippen LogP contribution < -0.4 is 0 Å². The maximum Gasteiger partial charge on any atom is 0.164 e. The highest BCUT2D eigenvalue weighted by Gasteiger charge is 2.16. The number of fused-ring (bicyclic) bond motifs is 4. The average Bonchev–Trinajstić information content (AvgIpc) is 2.88. The van der Waals surface area contributed by atoms with E-state index in [1.807, 2.05) is 24.3 Å². The van der Waals surface area contributed by atoms with E-state index >= 15 is 0 Å². The lowest BCUT2D eigenvalue weighted by atomic mass is 10.2. The van der Waals surface area contributed by atoms with Gasteiger partial charge >= 0.3 is 0 Å². The Bertz CT molecular complexity index is 694. The summed E-state index contributed by atoms with van der Waals surface area (Å²) in [6.45, 7) is 0.914. The van der Waals surface area contributed by atoms with E-state index in [0.717, 1.165) is 29.3 Å². The summed E-state index contributed by atoms with van der Waals surface area (Å²) in [4.78, 5) is 9.09. The van der Waals surface area contributed by atoms with Crippen LogP contribution in [-0.4, -0.2) is 14.5 Å². The summed E-state index contributed by atoms with van der Waals surface area (Å²) >= 11 is 0. The lowest BCUT2D eigenvalue weighted by Crippen LogP contribution is -2.01. The predicted molar refractivity (Wildman–Crippen MR) is 63.2 cm³/mol. The Morgan fingerprint density at radius 2 is 2.06 bits per heavy atom. The number of hydrogen-bond donors (Lipinski definition) is 0. The van der Waals surface area contributed by atoms with Crippen LogP contribution in [0.2, 0.25) is 0 Å². The first-order valence-corrected chi connectivity index (χ1v) is 5.34. The maximum atomic E-state index is 4.56. The van der Waals surface area contributed by atoms with E-state index in [0.29, 0.717) is 0 Å². The number of para-hydroxylation sites is 1. The average molecular weight is 207 g/mol. The molecule has 3 nitrogen and oxygen atoms in total. The zero-order valence-corrected chi connectivity index (χ0v) is 8.59. The first-order valence-electron chi connectivity index (χ1n) is 5.34. The third-order valence-corrected chi connectivity index (χ3v) is 3.03. The molecule has 0 saturated heterocycles. The highest BCUT2D eigenvalue weighted by molar-refractivity contribution is 5.96. The molecule has 0 spiro atoms. The summed E-state index contributed by atoms with van der Waals surface area (Å²) in [5.74, 6) is 1.84. The zero-order valence-electron chi connectivity index (χ0n) is 8.59. The minimum absolute atomic E-state index is 0.846. The van der Waals surface area contributed by atoms with Gasteiger partial charge in [-0.05, 0) is 12.1 Å². The van der Waals surface area contributed by atoms with Crippen molar-refractivity contribution in [3.05, 3.63) is 42.4 Å². The molecule has 0 saturated carbocycles. The van der Waals surface area contributed by atoms with Crippen LogP contribution >= 0.6 is 0 Å². The Morgan fingerprint density at radius 3 is 3.06 bits per heavy atom. The number of benzene rings is 1. The lowest BCUT2D eigenvalue weighted by Gasteiger charge is -2.05. The molecule has 0 radical (unpaired) electrons. The standard InChI is InChI=1S/C13H9N3/c1-2-5-11-9(4-1)10-8-16-7-3-6-12(16)15-13(10)14-11/h1-6,8H,7H2. The van der Waals surface area contributed by atoms with Crippen molar-refractivity contribution in [3.8, 4) is 11.4 Å². The molecule has 16 heavy (non-hydrogen) atoms. The molecule has 0 aliphatic carbocycles. The Kier molecular flexibility index (Phi) is 1.36. The van der Waals surface area contributed by atoms with Crippen molar-refractivity contribution in [1.82, 2.24) is 14.5 Å². The van der Waals surface area contributed by atoms with E-state index in [2.05, 4.69) is 32.9 Å². The third kappa shape index (κ3) is 0.922. The quantitative estimate of drug-likeness (QED) is 0.567. The molecule has 76 valence electrons. The fourth-order valence-corrected chi connectivity index (χ4v) is 2.25. The van der Waals surface area contributed by atoms with Crippen molar-refractivity contribution in [2.45, 2.75) is 6.54 Å². The van der Waals surface area contributed by atoms with Crippen molar-refractivity contribution < 1.29 is 0 Å². The minimum Gasteiger partial charge on any atom is -0.328 e. The second kappa shape index (κ2) is 2.70. The smallest absolute Gasteiger partial charge is 0.164 e. The molecule has 0 aromatic heterocycles. The van der Waals surface area contributed by atoms with Crippen molar-refractivity contribution in [2.75, 3.05) is 0 Å². The molecule has 0 amide bonds. The van der Waals surface area contributed by atoms with Crippen LogP contribution in [0.4, 0.5) is 0 Å². The molecule has 0 fully saturated rings. The van der Waals surface area contributed by atoms with Crippen LogP contribution in [-0.2, 0) is 6.54 Å². The van der Waals surface area contributed by atoms with E-state index in [-0.39, 0.29) is 0 Å². The molecule has 3 aliphatic rings. The van der Waals surface area contributed by atoms with Crippen molar-refractivity contribution >= 4 is 17.0 Å². The molecule has 3 aliphatic heterocycles. The van der Waals surface area contributed by atoms with Crippen LogP contribution in [0, 0.1) is 0 Å². The number of aromatic nitrogens is 3. The van der Waals surface area contributed by atoms with Crippen LogP contribution in [0.15, 0.2) is 36.5 Å². The Morgan fingerprint density at radius 1 is 1.12 bits per heavy atom. The highest BCUT2D eigenvalue weighted by Crippen LogP contribution is 2.30. The molecule has 1 aromatic rings. The molecular formula is C13H9N3. The first kappa shape index (κ1) is 8.05. The Labute approximate surface area is 92.4 Å². The van der Waals surface area contributed by atoms with E-state index in [4.69, 9.17) is 0 Å². The highest BCUT2D eigenvalue weighted by atomic mass is 15.1. The molecule has 0 bridgehead atoms. The Hall–Kier alpha value is -2.16. The van der Waals surface area contributed by atoms with Gasteiger partial charge in [0.05, 0.1) is 5.52 Å². The van der Waals surface area contributed by atoms with Gasteiger partial charge in [0.15, 0.2) is 5.82 Å². The molecule has 0 N–H and O–H groups in total. The molecule has 0 atom stereocenters. The second-order valence-corrected chi connectivity index (χ2v) is 4.02. The summed E-state index contributed by atoms with van der Waals surface area (Å²) in [5, 5.41) is 1.19. The van der Waals surface area contributed by atoms with Gasteiger partial charge in [0.25, 0.3) is 0 Å². The molecule has 3 heteroatoms. The first-order chi connectivity index (χ1) is 7.92. The summed E-state index contributed by atoms with van der Waals surface area (Å²) in [5.41, 5.74) is 2.17. The minimum atomic E-state index is 0.846. The van der Waals surface area contributed by atoms with Crippen LogP contribution in [0.25, 0.3) is 28.4 Å². The van der Waals surface area contributed by atoms with Crippen molar-refractivity contribution in [2.24, 2.45) is 0 Å². The fraction of sp³-hybridized carbons (Fsp3) is 0.0769. The Balaban J connectivity index is 2.18. The van der Waals surface area contributed by atoms with Gasteiger partial charge in [-0.15, -0.1) is 0 Å². The molecule has 0 unspecified atom stereocenters. The third-order valence-electron chi connectivity index (χ3n) is 3.03. The van der Waals surface area contributed by atoms with Gasteiger partial charge in [-0.2, -0.15) is 0 Å². The van der Waals surface area contributed by atoms with E-state index in [1.54, 1.807) is 0 Å². The summed E-state index contributed by atoms with van der Waals surface area (Å²) < 4.78 is 2.15. The number of allylic oxidation sites excluding steroid dienone is 1. The van der Waals surface area contributed by atoms with Gasteiger partial charge in [0, 0.05) is 23.7 Å². The van der Waals surface area contributed by atoms with Crippen molar-refractivity contribution in [3.63, 3.8) is 0 Å². The van der Waals surface area contributed by atoms with Crippen LogP contribution in [0.5, 0.6) is 0 Å². The van der Waals surface area contributed by atoms with Gasteiger partial charge in [0.2, 0.25) is 0 Å². The van der Waals surface area contributed by atoms with Gasteiger partial charge < -0.3 is 4.57 Å². The lowest BCUT2D eigenvalue weighted by molar-refractivity contribution is 0.800. The maximum absolute atomic E-state index is 4.56. The van der Waals surface area contributed by atoms with Gasteiger partial charge in [-0.25, -0.2) is 9.97 Å². The SMILES string of the molecule is C1=Cc2nc3nc4ccccc4c-3cn2C1. The van der Waals surface area contributed by atoms with Gasteiger partial charge in [-0.1, -0.05) is 24.3 Å². The fourth-order valence-electron chi connectivity index (χ4n) is 2.25. The summed E-state index contributed by atoms with van der Waals surface area (Å²) in [6, 6.07) is 8.18. The topological polar surface area (TPSA) is 30.7 Å². The number of hydrogen-bond acceptors (Lipinski definition) is 2. The van der Waals surface area contributed by atoms with Gasteiger partial charge in [0.1, 0.15) is 5.82 Å². The molecule has 3 heterocycles. The van der Waals surface area contributed by atoms with Crippen LogP contribution in [0.1, 0.15) is 5.82 Å². The van der Waals surface area contributed by atoms with Crippen molar-refractivity contribution in [1.29, 1.82) is 0 Å². The molecule has 4 rings (SSSR count). The van der Waals surface area contributed by atoms with E-state index in [9.17, 15) is 0 Å². The second-order valence-electron chi connectivity index (χ2n) is 4.02.